The molecule has 0 radical (unpaired) electrons. The molecular weight excluding hydrogens is 324 g/mol. The highest BCUT2D eigenvalue weighted by Gasteiger charge is 2.07. The predicted molar refractivity (Wildman–Crippen MR) is 92.8 cm³/mol. The van der Waals surface area contributed by atoms with Gasteiger partial charge in [0.15, 0.2) is 0 Å². The Balaban J connectivity index is 1.55. The lowest BCUT2D eigenvalue weighted by Crippen LogP contribution is -2.08. The molecular formula is C19H17ClN2O2. The highest BCUT2D eigenvalue weighted by atomic mass is 35.5. The number of ether oxygens (including phenoxy) is 1. The molecule has 0 bridgehead atoms. The van der Waals surface area contributed by atoms with Crippen LogP contribution in [0.25, 0.3) is 0 Å². The molecule has 0 aliphatic carbocycles. The number of aromatic nitrogens is 2. The molecule has 1 heterocycles. The molecule has 0 aliphatic rings. The summed E-state index contributed by atoms with van der Waals surface area (Å²) in [6, 6.07) is 15.2. The topological polar surface area (TPSA) is 55.0 Å². The summed E-state index contributed by atoms with van der Waals surface area (Å²) in [4.78, 5) is 19.2. The zero-order valence-corrected chi connectivity index (χ0v) is 13.8. The van der Waals surface area contributed by atoms with E-state index in [1.165, 1.54) is 0 Å². The average molecular weight is 341 g/mol. The minimum atomic E-state index is -0.248. The fourth-order valence-electron chi connectivity index (χ4n) is 2.41. The van der Waals surface area contributed by atoms with E-state index in [1.807, 2.05) is 42.6 Å². The Morgan fingerprint density at radius 1 is 1.08 bits per heavy atom. The third-order valence-corrected chi connectivity index (χ3v) is 3.85. The molecule has 3 aromatic rings. The third-order valence-electron chi connectivity index (χ3n) is 3.59. The molecule has 1 N–H and O–H groups in total. The number of halogens is 1. The zero-order chi connectivity index (χ0) is 16.8. The first-order chi connectivity index (χ1) is 11.7. The molecule has 2 aromatic carbocycles. The van der Waals surface area contributed by atoms with Crippen molar-refractivity contribution in [1.29, 1.82) is 0 Å². The van der Waals surface area contributed by atoms with Crippen LogP contribution in [0.15, 0.2) is 61.1 Å². The van der Waals surface area contributed by atoms with Crippen molar-refractivity contribution in [3.05, 3.63) is 88.5 Å². The van der Waals surface area contributed by atoms with Crippen LogP contribution in [0.4, 0.5) is 0 Å². The van der Waals surface area contributed by atoms with Crippen molar-refractivity contribution < 1.29 is 9.53 Å². The minimum absolute atomic E-state index is 0.248. The summed E-state index contributed by atoms with van der Waals surface area (Å²) in [5, 5.41) is 0.666. The van der Waals surface area contributed by atoms with Crippen LogP contribution in [0.1, 0.15) is 22.4 Å². The van der Waals surface area contributed by atoms with Crippen molar-refractivity contribution in [1.82, 2.24) is 9.97 Å². The van der Waals surface area contributed by atoms with Gasteiger partial charge in [-0.25, -0.2) is 4.98 Å². The van der Waals surface area contributed by atoms with Crippen LogP contribution >= 0.6 is 11.6 Å². The maximum absolute atomic E-state index is 12.0. The van der Waals surface area contributed by atoms with Crippen molar-refractivity contribution >= 4 is 17.6 Å². The summed E-state index contributed by atoms with van der Waals surface area (Å²) in [5.41, 5.74) is 3.94. The maximum atomic E-state index is 12.0. The Bertz CT molecular complexity index is 798. The molecule has 0 spiro atoms. The fraction of sp³-hybridized carbons (Fsp3) is 0.158. The lowest BCUT2D eigenvalue weighted by molar-refractivity contribution is -0.144. The molecule has 0 saturated carbocycles. The van der Waals surface area contributed by atoms with Crippen LogP contribution in [0.2, 0.25) is 5.02 Å². The molecule has 24 heavy (non-hydrogen) atoms. The number of rotatable bonds is 6. The van der Waals surface area contributed by atoms with Gasteiger partial charge in [0.25, 0.3) is 0 Å². The first kappa shape index (κ1) is 16.3. The number of esters is 1. The summed E-state index contributed by atoms with van der Waals surface area (Å²) in [5.74, 6) is -0.248. The zero-order valence-electron chi connectivity index (χ0n) is 13.0. The van der Waals surface area contributed by atoms with Crippen molar-refractivity contribution in [2.45, 2.75) is 19.4 Å². The smallest absolute Gasteiger partial charge is 0.310 e. The second-order valence-corrected chi connectivity index (χ2v) is 5.96. The van der Waals surface area contributed by atoms with E-state index in [-0.39, 0.29) is 19.0 Å². The van der Waals surface area contributed by atoms with Crippen LogP contribution in [-0.4, -0.2) is 15.9 Å². The molecule has 0 aliphatic heterocycles. The number of H-pyrrole nitrogens is 1. The molecule has 5 heteroatoms. The minimum Gasteiger partial charge on any atom is -0.461 e. The summed E-state index contributed by atoms with van der Waals surface area (Å²) in [6.07, 6.45) is 4.51. The molecule has 0 amide bonds. The Hall–Kier alpha value is -2.59. The van der Waals surface area contributed by atoms with Gasteiger partial charge in [-0.3, -0.25) is 4.79 Å². The molecule has 0 unspecified atom stereocenters. The van der Waals surface area contributed by atoms with E-state index in [2.05, 4.69) is 9.97 Å². The van der Waals surface area contributed by atoms with Crippen molar-refractivity contribution in [3.8, 4) is 0 Å². The van der Waals surface area contributed by atoms with E-state index in [9.17, 15) is 4.79 Å². The monoisotopic (exact) mass is 340 g/mol. The molecule has 1 aromatic heterocycles. The van der Waals surface area contributed by atoms with Crippen molar-refractivity contribution in [3.63, 3.8) is 0 Å². The number of aromatic amines is 1. The summed E-state index contributed by atoms with van der Waals surface area (Å²) in [7, 11) is 0. The first-order valence-corrected chi connectivity index (χ1v) is 8.02. The SMILES string of the molecule is O=C(Cc1cccc(Cc2c[nH]cn2)c1)OCc1ccc(Cl)cc1. The summed E-state index contributed by atoms with van der Waals surface area (Å²) >= 11 is 5.83. The quantitative estimate of drug-likeness (QED) is 0.691. The Labute approximate surface area is 145 Å². The number of imidazole rings is 1. The molecule has 0 fully saturated rings. The van der Waals surface area contributed by atoms with Crippen LogP contribution in [0, 0.1) is 0 Å². The lowest BCUT2D eigenvalue weighted by atomic mass is 10.0. The van der Waals surface area contributed by atoms with Gasteiger partial charge in [0.2, 0.25) is 0 Å². The van der Waals surface area contributed by atoms with E-state index >= 15 is 0 Å². The highest BCUT2D eigenvalue weighted by Crippen LogP contribution is 2.13. The van der Waals surface area contributed by atoms with Crippen molar-refractivity contribution in [2.75, 3.05) is 0 Å². The van der Waals surface area contributed by atoms with E-state index in [1.54, 1.807) is 18.5 Å². The van der Waals surface area contributed by atoms with Gasteiger partial charge in [-0.05, 0) is 28.8 Å². The lowest BCUT2D eigenvalue weighted by Gasteiger charge is -2.07. The van der Waals surface area contributed by atoms with Gasteiger partial charge in [-0.2, -0.15) is 0 Å². The normalized spacial score (nSPS) is 10.5. The second-order valence-electron chi connectivity index (χ2n) is 5.52. The largest absolute Gasteiger partial charge is 0.461 e. The second kappa shape index (κ2) is 7.79. The van der Waals surface area contributed by atoms with E-state index in [0.29, 0.717) is 5.02 Å². The van der Waals surface area contributed by atoms with Gasteiger partial charge in [0, 0.05) is 17.6 Å². The van der Waals surface area contributed by atoms with Crippen LogP contribution in [0.5, 0.6) is 0 Å². The number of hydrogen-bond donors (Lipinski definition) is 1. The maximum Gasteiger partial charge on any atom is 0.310 e. The molecule has 4 nitrogen and oxygen atoms in total. The standard InChI is InChI=1S/C19H17ClN2O2/c20-17-6-4-14(5-7-17)12-24-19(23)10-16-3-1-2-15(8-16)9-18-11-21-13-22-18/h1-8,11,13H,9-10,12H2,(H,21,22). The third kappa shape index (κ3) is 4.70. The predicted octanol–water partition coefficient (Wildman–Crippen LogP) is 3.94. The van der Waals surface area contributed by atoms with Crippen LogP contribution in [0.3, 0.4) is 0 Å². The van der Waals surface area contributed by atoms with Gasteiger partial charge in [0.05, 0.1) is 18.4 Å². The van der Waals surface area contributed by atoms with E-state index in [0.717, 1.165) is 28.8 Å². The van der Waals surface area contributed by atoms with Gasteiger partial charge in [0.1, 0.15) is 6.61 Å². The van der Waals surface area contributed by atoms with E-state index < -0.39 is 0 Å². The average Bonchev–Trinajstić information content (AvgIpc) is 3.08. The number of nitrogens with one attached hydrogen (secondary N) is 1. The number of carbonyl (C=O) groups excluding carboxylic acids is 1. The summed E-state index contributed by atoms with van der Waals surface area (Å²) in [6.45, 7) is 0.253. The van der Waals surface area contributed by atoms with Crippen LogP contribution < -0.4 is 0 Å². The number of benzene rings is 2. The van der Waals surface area contributed by atoms with Crippen LogP contribution in [-0.2, 0) is 29.0 Å². The number of nitrogens with zero attached hydrogens (tertiary/aromatic N) is 1. The first-order valence-electron chi connectivity index (χ1n) is 7.64. The summed E-state index contributed by atoms with van der Waals surface area (Å²) < 4.78 is 5.32. The molecule has 0 atom stereocenters. The molecule has 122 valence electrons. The molecule has 3 rings (SSSR count). The Morgan fingerprint density at radius 3 is 2.62 bits per heavy atom. The van der Waals surface area contributed by atoms with E-state index in [4.69, 9.17) is 16.3 Å². The Morgan fingerprint density at radius 2 is 1.88 bits per heavy atom. The van der Waals surface area contributed by atoms with Crippen molar-refractivity contribution in [2.24, 2.45) is 0 Å². The van der Waals surface area contributed by atoms with Gasteiger partial charge >= 0.3 is 5.97 Å². The molecule has 0 saturated heterocycles. The Kier molecular flexibility index (Phi) is 5.29. The number of carbonyl (C=O) groups is 1. The van der Waals surface area contributed by atoms with Gasteiger partial charge in [-0.15, -0.1) is 0 Å². The van der Waals surface area contributed by atoms with Gasteiger partial charge in [-0.1, -0.05) is 48.0 Å². The van der Waals surface area contributed by atoms with Gasteiger partial charge < -0.3 is 9.72 Å². The fourth-order valence-corrected chi connectivity index (χ4v) is 2.53. The highest BCUT2D eigenvalue weighted by molar-refractivity contribution is 6.30. The number of hydrogen-bond acceptors (Lipinski definition) is 3.